The van der Waals surface area contributed by atoms with Crippen LogP contribution in [0.5, 0.6) is 0 Å². The maximum absolute atomic E-state index is 11.7. The Hall–Kier alpha value is -1.87. The van der Waals surface area contributed by atoms with E-state index in [2.05, 4.69) is 15.9 Å². The van der Waals surface area contributed by atoms with E-state index in [1.165, 1.54) is 12.3 Å². The minimum Gasteiger partial charge on any atom is -0.478 e. The van der Waals surface area contributed by atoms with Gasteiger partial charge in [-0.2, -0.15) is 0 Å². The Bertz CT molecular complexity index is 946. The number of hydrogen-bond acceptors (Lipinski definition) is 4. The van der Waals surface area contributed by atoms with Gasteiger partial charge in [0, 0.05) is 22.0 Å². The summed E-state index contributed by atoms with van der Waals surface area (Å²) in [7, 11) is -3.14. The normalized spacial score (nSPS) is 20.0. The van der Waals surface area contributed by atoms with Crippen molar-refractivity contribution in [3.05, 3.63) is 33.9 Å². The molecule has 1 saturated heterocycles. The average Bonchev–Trinajstić information content (AvgIpc) is 2.97. The molecule has 1 aliphatic heterocycles. The van der Waals surface area contributed by atoms with Gasteiger partial charge in [0.1, 0.15) is 0 Å². The SMILES string of the molecule is O=C(O)c1cc(Br)cc2c(C3CCS(=O)(=O)C3)cn(C(=O)O)c12. The third-order valence-corrected chi connectivity index (χ3v) is 6.23. The van der Waals surface area contributed by atoms with Crippen molar-refractivity contribution in [3.8, 4) is 0 Å². The number of carboxylic acids is 1. The van der Waals surface area contributed by atoms with Gasteiger partial charge < -0.3 is 10.2 Å². The number of hydrogen-bond donors (Lipinski definition) is 2. The Morgan fingerprint density at radius 3 is 2.48 bits per heavy atom. The summed E-state index contributed by atoms with van der Waals surface area (Å²) < 4.78 is 24.8. The van der Waals surface area contributed by atoms with Crippen molar-refractivity contribution < 1.29 is 28.2 Å². The fraction of sp³-hybridized carbons (Fsp3) is 0.286. The first-order valence-corrected chi connectivity index (χ1v) is 9.32. The zero-order valence-electron chi connectivity index (χ0n) is 11.7. The molecule has 1 fully saturated rings. The molecule has 9 heteroatoms. The second kappa shape index (κ2) is 5.34. The molecule has 1 atom stereocenters. The largest absolute Gasteiger partial charge is 0.478 e. The highest BCUT2D eigenvalue weighted by Crippen LogP contribution is 2.37. The first-order valence-electron chi connectivity index (χ1n) is 6.71. The molecule has 0 amide bonds. The molecular formula is C14H12BrNO6S. The minimum atomic E-state index is -3.14. The van der Waals surface area contributed by atoms with Crippen LogP contribution in [0.3, 0.4) is 0 Å². The first-order chi connectivity index (χ1) is 10.7. The van der Waals surface area contributed by atoms with E-state index in [9.17, 15) is 28.2 Å². The van der Waals surface area contributed by atoms with Crippen LogP contribution >= 0.6 is 15.9 Å². The molecule has 0 radical (unpaired) electrons. The number of aromatic nitrogens is 1. The fourth-order valence-corrected chi connectivity index (χ4v) is 5.26. The Morgan fingerprint density at radius 2 is 1.96 bits per heavy atom. The van der Waals surface area contributed by atoms with Gasteiger partial charge in [0.2, 0.25) is 0 Å². The number of aromatic carboxylic acids is 1. The monoisotopic (exact) mass is 401 g/mol. The summed E-state index contributed by atoms with van der Waals surface area (Å²) >= 11 is 3.22. The number of fused-ring (bicyclic) bond motifs is 1. The van der Waals surface area contributed by atoms with Crippen molar-refractivity contribution in [2.24, 2.45) is 0 Å². The third-order valence-electron chi connectivity index (χ3n) is 4.00. The molecule has 0 aliphatic carbocycles. The summed E-state index contributed by atoms with van der Waals surface area (Å²) in [6.45, 7) is 0. The number of rotatable bonds is 2. The maximum Gasteiger partial charge on any atom is 0.416 e. The number of nitrogens with zero attached hydrogens (tertiary/aromatic N) is 1. The van der Waals surface area contributed by atoms with Gasteiger partial charge in [-0.1, -0.05) is 15.9 Å². The van der Waals surface area contributed by atoms with Gasteiger partial charge >= 0.3 is 12.1 Å². The number of benzene rings is 1. The molecule has 23 heavy (non-hydrogen) atoms. The van der Waals surface area contributed by atoms with Crippen LogP contribution < -0.4 is 0 Å². The quantitative estimate of drug-likeness (QED) is 0.798. The van der Waals surface area contributed by atoms with Gasteiger partial charge in [-0.3, -0.25) is 4.57 Å². The molecule has 122 valence electrons. The van der Waals surface area contributed by atoms with Crippen molar-refractivity contribution >= 4 is 48.7 Å². The van der Waals surface area contributed by atoms with E-state index in [1.807, 2.05) is 0 Å². The summed E-state index contributed by atoms with van der Waals surface area (Å²) in [6.07, 6.45) is 0.417. The minimum absolute atomic E-state index is 0.0528. The van der Waals surface area contributed by atoms with Crippen molar-refractivity contribution in [2.75, 3.05) is 11.5 Å². The maximum atomic E-state index is 11.7. The van der Waals surface area contributed by atoms with Crippen LogP contribution in [0.2, 0.25) is 0 Å². The number of halogens is 1. The van der Waals surface area contributed by atoms with E-state index in [0.29, 0.717) is 21.8 Å². The molecule has 2 heterocycles. The first kappa shape index (κ1) is 16.0. The van der Waals surface area contributed by atoms with E-state index in [-0.39, 0.29) is 28.5 Å². The molecule has 1 unspecified atom stereocenters. The second-order valence-corrected chi connectivity index (χ2v) is 8.64. The van der Waals surface area contributed by atoms with Gasteiger partial charge in [0.15, 0.2) is 9.84 Å². The molecule has 1 aromatic heterocycles. The molecule has 0 spiro atoms. The highest BCUT2D eigenvalue weighted by atomic mass is 79.9. The zero-order valence-corrected chi connectivity index (χ0v) is 14.1. The number of carboxylic acid groups (broad SMARTS) is 2. The summed E-state index contributed by atoms with van der Waals surface area (Å²) in [5, 5.41) is 19.2. The predicted octanol–water partition coefficient (Wildman–Crippen LogP) is 2.53. The molecule has 2 N–H and O–H groups in total. The van der Waals surface area contributed by atoms with Crippen LogP contribution in [0.15, 0.2) is 22.8 Å². The molecule has 2 aromatic rings. The summed E-state index contributed by atoms with van der Waals surface area (Å²) in [5.41, 5.74) is 0.462. The van der Waals surface area contributed by atoms with Crippen molar-refractivity contribution in [2.45, 2.75) is 12.3 Å². The molecule has 7 nitrogen and oxygen atoms in total. The molecular weight excluding hydrogens is 390 g/mol. The summed E-state index contributed by atoms with van der Waals surface area (Å²) in [4.78, 5) is 22.9. The van der Waals surface area contributed by atoms with Crippen LogP contribution in [0.1, 0.15) is 28.3 Å². The Labute approximate surface area is 139 Å². The lowest BCUT2D eigenvalue weighted by atomic mass is 9.97. The number of sulfone groups is 1. The van der Waals surface area contributed by atoms with Crippen LogP contribution in [-0.2, 0) is 9.84 Å². The van der Waals surface area contributed by atoms with Crippen LogP contribution in [0.25, 0.3) is 10.9 Å². The lowest BCUT2D eigenvalue weighted by Gasteiger charge is -2.07. The molecule has 3 rings (SSSR count). The van der Waals surface area contributed by atoms with Gasteiger partial charge in [0.05, 0.1) is 22.6 Å². The van der Waals surface area contributed by atoms with Crippen molar-refractivity contribution in [1.29, 1.82) is 0 Å². The highest BCUT2D eigenvalue weighted by molar-refractivity contribution is 9.10. The molecule has 1 aromatic carbocycles. The summed E-state index contributed by atoms with van der Waals surface area (Å²) in [6, 6.07) is 2.96. The Morgan fingerprint density at radius 1 is 1.26 bits per heavy atom. The van der Waals surface area contributed by atoms with Crippen molar-refractivity contribution in [3.63, 3.8) is 0 Å². The smallest absolute Gasteiger partial charge is 0.416 e. The van der Waals surface area contributed by atoms with E-state index < -0.39 is 21.9 Å². The second-order valence-electron chi connectivity index (χ2n) is 5.49. The Balaban J connectivity index is 2.32. The van der Waals surface area contributed by atoms with E-state index in [1.54, 1.807) is 6.07 Å². The van der Waals surface area contributed by atoms with Crippen molar-refractivity contribution in [1.82, 2.24) is 4.57 Å². The predicted molar refractivity (Wildman–Crippen MR) is 86.0 cm³/mol. The molecule has 0 saturated carbocycles. The topological polar surface area (TPSA) is 114 Å². The molecule has 0 bridgehead atoms. The van der Waals surface area contributed by atoms with Gasteiger partial charge in [-0.25, -0.2) is 18.0 Å². The molecule has 1 aliphatic rings. The van der Waals surface area contributed by atoms with Crippen LogP contribution in [0, 0.1) is 0 Å². The van der Waals surface area contributed by atoms with Crippen LogP contribution in [0.4, 0.5) is 4.79 Å². The van der Waals surface area contributed by atoms with Crippen LogP contribution in [-0.4, -0.2) is 46.8 Å². The highest BCUT2D eigenvalue weighted by Gasteiger charge is 2.32. The van der Waals surface area contributed by atoms with Gasteiger partial charge in [-0.15, -0.1) is 0 Å². The van der Waals surface area contributed by atoms with E-state index >= 15 is 0 Å². The Kier molecular flexibility index (Phi) is 3.72. The van der Waals surface area contributed by atoms with E-state index in [0.717, 1.165) is 4.57 Å². The van der Waals surface area contributed by atoms with E-state index in [4.69, 9.17) is 0 Å². The average molecular weight is 402 g/mol. The fourth-order valence-electron chi connectivity index (χ4n) is 3.03. The zero-order chi connectivity index (χ0) is 16.9. The lowest BCUT2D eigenvalue weighted by molar-refractivity contribution is 0.0698. The standard InChI is InChI=1S/C14H12BrNO6S/c15-8-3-9-11(7-1-2-23(21,22)6-7)5-16(14(19)20)12(9)10(4-8)13(17)18/h3-5,7H,1-2,6H2,(H,17,18)(H,19,20). The lowest BCUT2D eigenvalue weighted by Crippen LogP contribution is -2.09. The number of carbonyl (C=O) groups is 2. The van der Waals surface area contributed by atoms with Gasteiger partial charge in [-0.05, 0) is 24.1 Å². The summed E-state index contributed by atoms with van der Waals surface area (Å²) in [5.74, 6) is -1.58. The third kappa shape index (κ3) is 2.74. The van der Waals surface area contributed by atoms with Gasteiger partial charge in [0.25, 0.3) is 0 Å².